The number of aryl methyl sites for hydroxylation is 1. The van der Waals surface area contributed by atoms with Crippen LogP contribution in [0.25, 0.3) is 0 Å². The van der Waals surface area contributed by atoms with Crippen molar-refractivity contribution in [2.45, 2.75) is 25.4 Å². The van der Waals surface area contributed by atoms with Gasteiger partial charge in [-0.3, -0.25) is 4.79 Å². The first kappa shape index (κ1) is 16.3. The highest BCUT2D eigenvalue weighted by Crippen LogP contribution is 2.17. The van der Waals surface area contributed by atoms with Crippen molar-refractivity contribution >= 4 is 17.6 Å². The van der Waals surface area contributed by atoms with Crippen LogP contribution in [0.1, 0.15) is 28.8 Å². The summed E-state index contributed by atoms with van der Waals surface area (Å²) in [5.41, 5.74) is 5.98. The predicted molar refractivity (Wildman–Crippen MR) is 83.8 cm³/mol. The highest BCUT2D eigenvalue weighted by atomic mass is 16.3. The zero-order valence-electron chi connectivity index (χ0n) is 12.6. The average Bonchev–Trinajstić information content (AvgIpc) is 2.48. The maximum Gasteiger partial charge on any atom is 0.319 e. The minimum absolute atomic E-state index is 0.167. The van der Waals surface area contributed by atoms with E-state index in [4.69, 9.17) is 5.73 Å². The van der Waals surface area contributed by atoms with Crippen LogP contribution in [0.5, 0.6) is 0 Å². The molecule has 6 N–H and O–H groups in total. The Hall–Kier alpha value is -2.12. The quantitative estimate of drug-likeness (QED) is 0.551. The van der Waals surface area contributed by atoms with E-state index in [1.54, 1.807) is 12.1 Å². The number of piperidine rings is 1. The summed E-state index contributed by atoms with van der Waals surface area (Å²) in [4.78, 5) is 23.1. The Morgan fingerprint density at radius 2 is 2.23 bits per heavy atom. The summed E-state index contributed by atoms with van der Waals surface area (Å²) >= 11 is 0. The van der Waals surface area contributed by atoms with Gasteiger partial charge in [0.1, 0.15) is 0 Å². The molecule has 3 amide bonds. The molecule has 0 aliphatic carbocycles. The van der Waals surface area contributed by atoms with Gasteiger partial charge < -0.3 is 26.8 Å². The number of carbonyl (C=O) groups excluding carboxylic acids is 2. The molecule has 7 nitrogen and oxygen atoms in total. The van der Waals surface area contributed by atoms with Crippen LogP contribution in [0, 0.1) is 6.92 Å². The highest BCUT2D eigenvalue weighted by Gasteiger charge is 2.29. The van der Waals surface area contributed by atoms with E-state index in [9.17, 15) is 14.7 Å². The number of primary amides is 1. The van der Waals surface area contributed by atoms with Crippen LogP contribution >= 0.6 is 0 Å². The molecule has 0 saturated carbocycles. The molecule has 22 heavy (non-hydrogen) atoms. The van der Waals surface area contributed by atoms with Gasteiger partial charge in [0.2, 0.25) is 5.91 Å². The van der Waals surface area contributed by atoms with E-state index in [0.717, 1.165) is 18.5 Å². The zero-order valence-corrected chi connectivity index (χ0v) is 12.6. The molecule has 0 bridgehead atoms. The van der Waals surface area contributed by atoms with Gasteiger partial charge in [0.25, 0.3) is 0 Å². The number of nitrogens with two attached hydrogens (primary N) is 1. The van der Waals surface area contributed by atoms with Crippen LogP contribution < -0.4 is 21.7 Å². The third-order valence-corrected chi connectivity index (χ3v) is 3.80. The predicted octanol–water partition coefficient (Wildman–Crippen LogP) is 0.330. The van der Waals surface area contributed by atoms with Crippen molar-refractivity contribution in [1.82, 2.24) is 10.6 Å². The van der Waals surface area contributed by atoms with Crippen LogP contribution in [-0.2, 0) is 0 Å². The van der Waals surface area contributed by atoms with Crippen LogP contribution in [0.2, 0.25) is 0 Å². The lowest BCUT2D eigenvalue weighted by molar-refractivity contribution is 0.0198. The highest BCUT2D eigenvalue weighted by molar-refractivity contribution is 5.96. The Labute approximate surface area is 129 Å². The molecule has 1 fully saturated rings. The van der Waals surface area contributed by atoms with Gasteiger partial charge in [-0.05, 0) is 44.0 Å². The van der Waals surface area contributed by atoms with Crippen molar-refractivity contribution in [3.8, 4) is 0 Å². The molecule has 1 aromatic carbocycles. The first-order valence-corrected chi connectivity index (χ1v) is 7.28. The molecule has 120 valence electrons. The maximum atomic E-state index is 12.0. The van der Waals surface area contributed by atoms with Crippen molar-refractivity contribution in [1.29, 1.82) is 0 Å². The molecule has 0 radical (unpaired) electrons. The minimum atomic E-state index is -0.917. The molecule has 1 unspecified atom stereocenters. The Balaban J connectivity index is 1.94. The molecule has 2 rings (SSSR count). The second-order valence-corrected chi connectivity index (χ2v) is 5.71. The number of nitrogens with one attached hydrogen (secondary N) is 3. The van der Waals surface area contributed by atoms with Crippen LogP contribution in [0.3, 0.4) is 0 Å². The van der Waals surface area contributed by atoms with Gasteiger partial charge in [-0.15, -0.1) is 0 Å². The van der Waals surface area contributed by atoms with Gasteiger partial charge in [0, 0.05) is 24.3 Å². The molecule has 1 aromatic rings. The van der Waals surface area contributed by atoms with E-state index >= 15 is 0 Å². The van der Waals surface area contributed by atoms with Gasteiger partial charge in [-0.1, -0.05) is 6.07 Å². The summed E-state index contributed by atoms with van der Waals surface area (Å²) in [6.45, 7) is 3.33. The second kappa shape index (κ2) is 6.76. The first-order valence-electron chi connectivity index (χ1n) is 7.28. The molecule has 1 atom stereocenters. The molecule has 1 aliphatic rings. The van der Waals surface area contributed by atoms with E-state index in [-0.39, 0.29) is 6.54 Å². The molecule has 1 aliphatic heterocycles. The van der Waals surface area contributed by atoms with Gasteiger partial charge in [-0.2, -0.15) is 0 Å². The number of urea groups is 1. The lowest BCUT2D eigenvalue weighted by atomic mass is 9.94. The van der Waals surface area contributed by atoms with Crippen molar-refractivity contribution in [2.24, 2.45) is 5.73 Å². The van der Waals surface area contributed by atoms with Gasteiger partial charge in [0.15, 0.2) is 0 Å². The summed E-state index contributed by atoms with van der Waals surface area (Å²) in [5.74, 6) is -0.550. The Bertz CT molecular complexity index is 568. The standard InChI is InChI=1S/C15H22N4O3/c1-10-3-4-11(13(16)20)7-12(10)19-14(21)18-9-15(22)5-2-6-17-8-15/h3-4,7,17,22H,2,5-6,8-9H2,1H3,(H2,16,20)(H2,18,19,21). The number of benzene rings is 1. The summed E-state index contributed by atoms with van der Waals surface area (Å²) in [6, 6.07) is 4.43. The number of amides is 3. The van der Waals surface area contributed by atoms with Crippen molar-refractivity contribution in [3.63, 3.8) is 0 Å². The monoisotopic (exact) mass is 306 g/mol. The first-order chi connectivity index (χ1) is 10.4. The third kappa shape index (κ3) is 4.19. The van der Waals surface area contributed by atoms with Crippen molar-refractivity contribution in [2.75, 3.05) is 25.0 Å². The number of aliphatic hydroxyl groups is 1. The average molecular weight is 306 g/mol. The fraction of sp³-hybridized carbons (Fsp3) is 0.467. The maximum absolute atomic E-state index is 12.0. The van der Waals surface area contributed by atoms with Gasteiger partial charge in [-0.25, -0.2) is 4.79 Å². The van der Waals surface area contributed by atoms with Crippen molar-refractivity contribution < 1.29 is 14.7 Å². The van der Waals surface area contributed by atoms with E-state index < -0.39 is 17.5 Å². The normalized spacial score (nSPS) is 21.2. The second-order valence-electron chi connectivity index (χ2n) is 5.71. The van der Waals surface area contributed by atoms with E-state index in [2.05, 4.69) is 16.0 Å². The number of hydrogen-bond acceptors (Lipinski definition) is 4. The van der Waals surface area contributed by atoms with Gasteiger partial charge in [0.05, 0.1) is 5.60 Å². The van der Waals surface area contributed by atoms with E-state index in [1.165, 1.54) is 6.07 Å². The minimum Gasteiger partial charge on any atom is -0.387 e. The third-order valence-electron chi connectivity index (χ3n) is 3.80. The zero-order chi connectivity index (χ0) is 16.2. The fourth-order valence-electron chi connectivity index (χ4n) is 2.42. The molecule has 0 spiro atoms. The summed E-state index contributed by atoms with van der Waals surface area (Å²) in [7, 11) is 0. The van der Waals surface area contributed by atoms with E-state index in [1.807, 2.05) is 6.92 Å². The number of β-amino-alcohol motifs (C(OH)–C–C–N with tert-alkyl or cyclic N) is 1. The molecular weight excluding hydrogens is 284 g/mol. The van der Waals surface area contributed by atoms with Crippen LogP contribution in [0.4, 0.5) is 10.5 Å². The molecular formula is C15H22N4O3. The SMILES string of the molecule is Cc1ccc(C(N)=O)cc1NC(=O)NCC1(O)CCCNC1. The summed E-state index contributed by atoms with van der Waals surface area (Å²) < 4.78 is 0. The number of hydrogen-bond donors (Lipinski definition) is 5. The smallest absolute Gasteiger partial charge is 0.319 e. The van der Waals surface area contributed by atoms with Crippen LogP contribution in [0.15, 0.2) is 18.2 Å². The van der Waals surface area contributed by atoms with Gasteiger partial charge >= 0.3 is 6.03 Å². The van der Waals surface area contributed by atoms with Crippen molar-refractivity contribution in [3.05, 3.63) is 29.3 Å². The molecule has 1 heterocycles. The lowest BCUT2D eigenvalue weighted by Crippen LogP contribution is -2.53. The number of carbonyl (C=O) groups is 2. The molecule has 0 aromatic heterocycles. The molecule has 7 heteroatoms. The number of rotatable bonds is 4. The van der Waals surface area contributed by atoms with E-state index in [0.29, 0.717) is 24.2 Å². The Morgan fingerprint density at radius 3 is 2.86 bits per heavy atom. The molecule has 1 saturated heterocycles. The largest absolute Gasteiger partial charge is 0.387 e. The summed E-state index contributed by atoms with van der Waals surface area (Å²) in [5, 5.41) is 18.7. The fourth-order valence-corrected chi connectivity index (χ4v) is 2.42. The summed E-state index contributed by atoms with van der Waals surface area (Å²) in [6.07, 6.45) is 1.52. The Kier molecular flexibility index (Phi) is 4.99. The number of anilines is 1. The topological polar surface area (TPSA) is 116 Å². The Morgan fingerprint density at radius 1 is 1.45 bits per heavy atom. The van der Waals surface area contributed by atoms with Crippen LogP contribution in [-0.4, -0.2) is 42.3 Å². The lowest BCUT2D eigenvalue weighted by Gasteiger charge is -2.32.